The summed E-state index contributed by atoms with van der Waals surface area (Å²) in [7, 11) is 0. The highest BCUT2D eigenvalue weighted by Crippen LogP contribution is 2.20. The van der Waals surface area contributed by atoms with Crippen LogP contribution in [0.4, 0.5) is 0 Å². The first-order valence-electron chi connectivity index (χ1n) is 7.65. The Labute approximate surface area is 138 Å². The highest BCUT2D eigenvalue weighted by Gasteiger charge is 2.09. The third-order valence-corrected chi connectivity index (χ3v) is 3.17. The van der Waals surface area contributed by atoms with E-state index < -0.39 is 5.97 Å². The average molecular weight is 325 g/mol. The van der Waals surface area contributed by atoms with Crippen molar-refractivity contribution in [3.63, 3.8) is 0 Å². The number of rotatable bonds is 0. The molecule has 0 radical (unpaired) electrons. The van der Waals surface area contributed by atoms with Crippen LogP contribution in [0.15, 0.2) is 53.3 Å². The first-order chi connectivity index (χ1) is 11.6. The van der Waals surface area contributed by atoms with E-state index in [1.54, 1.807) is 4.40 Å². The van der Waals surface area contributed by atoms with Crippen molar-refractivity contribution >= 4 is 33.6 Å². The van der Waals surface area contributed by atoms with Crippen LogP contribution in [0.25, 0.3) is 27.6 Å². The van der Waals surface area contributed by atoms with Crippen LogP contribution in [0, 0.1) is 0 Å². The molecule has 2 aromatic heterocycles. The SMILES string of the molecule is CC.CC(=O)O.O=c1[nH]c2ccccc2c2nc3ccccc3n12. The molecule has 0 fully saturated rings. The number of imidazole rings is 1. The van der Waals surface area contributed by atoms with E-state index in [1.807, 2.05) is 62.4 Å². The van der Waals surface area contributed by atoms with E-state index in [1.165, 1.54) is 0 Å². The third kappa shape index (κ3) is 3.27. The summed E-state index contributed by atoms with van der Waals surface area (Å²) in [6, 6.07) is 15.3. The van der Waals surface area contributed by atoms with Crippen LogP contribution in [0.3, 0.4) is 0 Å². The van der Waals surface area contributed by atoms with Gasteiger partial charge in [-0.25, -0.2) is 14.2 Å². The zero-order valence-electron chi connectivity index (χ0n) is 13.8. The lowest BCUT2D eigenvalue weighted by atomic mass is 10.2. The zero-order chi connectivity index (χ0) is 17.7. The summed E-state index contributed by atoms with van der Waals surface area (Å²) in [5, 5.41) is 8.37. The first kappa shape index (κ1) is 17.2. The Balaban J connectivity index is 0.000000308. The number of nitrogens with zero attached hydrogens (tertiary/aromatic N) is 2. The van der Waals surface area contributed by atoms with Gasteiger partial charge < -0.3 is 10.1 Å². The predicted molar refractivity (Wildman–Crippen MR) is 95.5 cm³/mol. The Morgan fingerprint density at radius 1 is 1.08 bits per heavy atom. The van der Waals surface area contributed by atoms with E-state index >= 15 is 0 Å². The second-order valence-corrected chi connectivity index (χ2v) is 4.75. The molecule has 0 aliphatic rings. The third-order valence-electron chi connectivity index (χ3n) is 3.17. The molecule has 4 rings (SSSR count). The molecule has 124 valence electrons. The Kier molecular flexibility index (Phi) is 5.31. The molecule has 0 bridgehead atoms. The smallest absolute Gasteiger partial charge is 0.332 e. The summed E-state index contributed by atoms with van der Waals surface area (Å²) >= 11 is 0. The van der Waals surface area contributed by atoms with Crippen LogP contribution in [0.5, 0.6) is 0 Å². The molecule has 0 saturated carbocycles. The predicted octanol–water partition coefficient (Wildman–Crippen LogP) is 3.45. The number of carboxylic acids is 1. The fourth-order valence-electron chi connectivity index (χ4n) is 2.37. The van der Waals surface area contributed by atoms with Gasteiger partial charge in [0.05, 0.1) is 16.6 Å². The largest absolute Gasteiger partial charge is 0.481 e. The summed E-state index contributed by atoms with van der Waals surface area (Å²) < 4.78 is 1.62. The van der Waals surface area contributed by atoms with E-state index in [0.29, 0.717) is 5.65 Å². The Bertz CT molecular complexity index is 1040. The molecule has 4 aromatic rings. The van der Waals surface area contributed by atoms with Crippen molar-refractivity contribution < 1.29 is 9.90 Å². The molecule has 6 nitrogen and oxygen atoms in total. The Morgan fingerprint density at radius 3 is 2.38 bits per heavy atom. The van der Waals surface area contributed by atoms with Crippen molar-refractivity contribution in [2.24, 2.45) is 0 Å². The lowest BCUT2D eigenvalue weighted by Gasteiger charge is -1.99. The van der Waals surface area contributed by atoms with E-state index in [9.17, 15) is 4.79 Å². The number of aromatic amines is 1. The number of hydrogen-bond donors (Lipinski definition) is 2. The maximum atomic E-state index is 12.1. The quantitative estimate of drug-likeness (QED) is 0.518. The van der Waals surface area contributed by atoms with Gasteiger partial charge in [0.1, 0.15) is 0 Å². The zero-order valence-corrected chi connectivity index (χ0v) is 13.8. The molecule has 0 unspecified atom stereocenters. The minimum atomic E-state index is -0.833. The van der Waals surface area contributed by atoms with Crippen LogP contribution in [-0.2, 0) is 4.79 Å². The number of benzene rings is 2. The lowest BCUT2D eigenvalue weighted by molar-refractivity contribution is -0.134. The highest BCUT2D eigenvalue weighted by molar-refractivity contribution is 5.95. The molecule has 0 spiro atoms. The van der Waals surface area contributed by atoms with Gasteiger partial charge in [0.15, 0.2) is 5.65 Å². The summed E-state index contributed by atoms with van der Waals surface area (Å²) in [4.78, 5) is 28.6. The van der Waals surface area contributed by atoms with Gasteiger partial charge in [-0.05, 0) is 24.3 Å². The second kappa shape index (κ2) is 7.41. The molecule has 0 aliphatic heterocycles. The molecule has 2 aromatic carbocycles. The van der Waals surface area contributed by atoms with Gasteiger partial charge in [-0.15, -0.1) is 0 Å². The maximum Gasteiger partial charge on any atom is 0.332 e. The van der Waals surface area contributed by atoms with Crippen molar-refractivity contribution in [1.82, 2.24) is 14.4 Å². The van der Waals surface area contributed by atoms with Crippen LogP contribution >= 0.6 is 0 Å². The van der Waals surface area contributed by atoms with Crippen molar-refractivity contribution in [3.8, 4) is 0 Å². The number of carbonyl (C=O) groups is 1. The van der Waals surface area contributed by atoms with Crippen LogP contribution in [0.2, 0.25) is 0 Å². The van der Waals surface area contributed by atoms with Crippen LogP contribution in [0.1, 0.15) is 20.8 Å². The number of aliphatic carboxylic acids is 1. The number of fused-ring (bicyclic) bond motifs is 5. The number of para-hydroxylation sites is 3. The monoisotopic (exact) mass is 325 g/mol. The van der Waals surface area contributed by atoms with Crippen molar-refractivity contribution in [3.05, 3.63) is 59.0 Å². The van der Waals surface area contributed by atoms with Crippen molar-refractivity contribution in [2.45, 2.75) is 20.8 Å². The average Bonchev–Trinajstić information content (AvgIpc) is 2.97. The maximum absolute atomic E-state index is 12.1. The van der Waals surface area contributed by atoms with Crippen LogP contribution < -0.4 is 5.69 Å². The molecule has 0 atom stereocenters. The van der Waals surface area contributed by atoms with E-state index in [4.69, 9.17) is 9.90 Å². The van der Waals surface area contributed by atoms with Gasteiger partial charge in [0.2, 0.25) is 0 Å². The number of nitrogens with one attached hydrogen (secondary N) is 1. The van der Waals surface area contributed by atoms with Crippen molar-refractivity contribution in [1.29, 1.82) is 0 Å². The van der Waals surface area contributed by atoms with Gasteiger partial charge >= 0.3 is 5.69 Å². The molecule has 2 heterocycles. The molecular weight excluding hydrogens is 306 g/mol. The lowest BCUT2D eigenvalue weighted by Crippen LogP contribution is -2.15. The summed E-state index contributed by atoms with van der Waals surface area (Å²) in [5.41, 5.74) is 3.03. The molecule has 6 heteroatoms. The Hall–Kier alpha value is -3.15. The van der Waals surface area contributed by atoms with Gasteiger partial charge in [0.25, 0.3) is 5.97 Å². The molecule has 0 amide bonds. The summed E-state index contributed by atoms with van der Waals surface area (Å²) in [6.07, 6.45) is 0. The van der Waals surface area contributed by atoms with E-state index in [0.717, 1.165) is 28.9 Å². The van der Waals surface area contributed by atoms with E-state index in [-0.39, 0.29) is 5.69 Å². The highest BCUT2D eigenvalue weighted by atomic mass is 16.4. The van der Waals surface area contributed by atoms with Gasteiger partial charge in [0, 0.05) is 12.3 Å². The first-order valence-corrected chi connectivity index (χ1v) is 7.65. The number of H-pyrrole nitrogens is 1. The number of aromatic nitrogens is 3. The van der Waals surface area contributed by atoms with Crippen LogP contribution in [-0.4, -0.2) is 25.4 Å². The molecule has 2 N–H and O–H groups in total. The fourth-order valence-corrected chi connectivity index (χ4v) is 2.37. The van der Waals surface area contributed by atoms with E-state index in [2.05, 4.69) is 9.97 Å². The minimum Gasteiger partial charge on any atom is -0.481 e. The topological polar surface area (TPSA) is 87.5 Å². The summed E-state index contributed by atoms with van der Waals surface area (Å²) in [5.74, 6) is -0.833. The van der Waals surface area contributed by atoms with Gasteiger partial charge in [-0.3, -0.25) is 4.79 Å². The van der Waals surface area contributed by atoms with Gasteiger partial charge in [-0.2, -0.15) is 0 Å². The van der Waals surface area contributed by atoms with Gasteiger partial charge in [-0.1, -0.05) is 38.1 Å². The number of hydrogen-bond acceptors (Lipinski definition) is 3. The number of carboxylic acid groups (broad SMARTS) is 1. The standard InChI is InChI=1S/C14H9N3O.C2H4O2.C2H6/c18-14-16-10-6-2-1-5-9(10)13-15-11-7-3-4-8-12(11)17(13)14;1-2(3)4;1-2/h1-8H,(H,16,18);1H3,(H,3,4);1-2H3. The second-order valence-electron chi connectivity index (χ2n) is 4.75. The Morgan fingerprint density at radius 2 is 1.67 bits per heavy atom. The fraction of sp³-hybridized carbons (Fsp3) is 0.167. The molecular formula is C18H19N3O3. The summed E-state index contributed by atoms with van der Waals surface area (Å²) in [6.45, 7) is 5.08. The van der Waals surface area contributed by atoms with Crippen molar-refractivity contribution in [2.75, 3.05) is 0 Å². The molecule has 0 saturated heterocycles. The normalized spacial score (nSPS) is 9.96. The molecule has 24 heavy (non-hydrogen) atoms. The molecule has 0 aliphatic carbocycles. The minimum absolute atomic E-state index is 0.155.